The maximum atomic E-state index is 12.7. The molecule has 2 aromatic rings. The van der Waals surface area contributed by atoms with Gasteiger partial charge in [0.1, 0.15) is 11.6 Å². The summed E-state index contributed by atoms with van der Waals surface area (Å²) in [5, 5.41) is 6.47. The van der Waals surface area contributed by atoms with E-state index in [-0.39, 0.29) is 17.4 Å². The van der Waals surface area contributed by atoms with Crippen LogP contribution in [0.25, 0.3) is 0 Å². The van der Waals surface area contributed by atoms with Crippen molar-refractivity contribution in [2.24, 2.45) is 5.92 Å². The molecule has 0 bridgehead atoms. The molecule has 0 spiro atoms. The summed E-state index contributed by atoms with van der Waals surface area (Å²) in [4.78, 5) is 11.9. The largest absolute Gasteiger partial charge is 0.361 e. The molecule has 0 fully saturated rings. The third-order valence-corrected chi connectivity index (χ3v) is 2.77. The van der Waals surface area contributed by atoms with Crippen LogP contribution < -0.4 is 5.32 Å². The van der Waals surface area contributed by atoms with Crippen molar-refractivity contribution in [2.75, 3.05) is 0 Å². The molecule has 0 aliphatic carbocycles. The second-order valence-electron chi connectivity index (χ2n) is 5.09. The summed E-state index contributed by atoms with van der Waals surface area (Å²) in [6.07, 6.45) is 0.748. The summed E-state index contributed by atoms with van der Waals surface area (Å²) in [7, 11) is 0. The number of rotatable bonds is 5. The highest BCUT2D eigenvalue weighted by molar-refractivity contribution is 5.92. The number of aromatic nitrogens is 1. The Morgan fingerprint density at radius 3 is 2.70 bits per heavy atom. The number of nitrogens with one attached hydrogen (secondary N) is 1. The highest BCUT2D eigenvalue weighted by Crippen LogP contribution is 2.10. The van der Waals surface area contributed by atoms with Gasteiger partial charge in [-0.3, -0.25) is 4.79 Å². The van der Waals surface area contributed by atoms with Crippen LogP contribution in [0.2, 0.25) is 0 Å². The van der Waals surface area contributed by atoms with Gasteiger partial charge in [0.2, 0.25) is 0 Å². The van der Waals surface area contributed by atoms with Gasteiger partial charge in [0.25, 0.3) is 5.91 Å². The monoisotopic (exact) mass is 276 g/mol. The lowest BCUT2D eigenvalue weighted by molar-refractivity contribution is 0.0941. The van der Waals surface area contributed by atoms with E-state index in [1.54, 1.807) is 18.2 Å². The van der Waals surface area contributed by atoms with Gasteiger partial charge in [-0.15, -0.1) is 0 Å². The van der Waals surface area contributed by atoms with Crippen molar-refractivity contribution in [1.82, 2.24) is 10.5 Å². The molecule has 0 aliphatic heterocycles. The van der Waals surface area contributed by atoms with Gasteiger partial charge in [-0.25, -0.2) is 4.39 Å². The number of carbonyl (C=O) groups is 1. The summed E-state index contributed by atoms with van der Waals surface area (Å²) in [5.41, 5.74) is 1.09. The molecule has 1 N–H and O–H groups in total. The maximum absolute atomic E-state index is 12.7. The van der Waals surface area contributed by atoms with Crippen molar-refractivity contribution in [1.29, 1.82) is 0 Å². The summed E-state index contributed by atoms with van der Waals surface area (Å²) >= 11 is 0. The summed E-state index contributed by atoms with van der Waals surface area (Å²) in [6, 6.07) is 7.63. The van der Waals surface area contributed by atoms with Gasteiger partial charge in [-0.05, 0) is 23.6 Å². The molecule has 5 heteroatoms. The molecular weight excluding hydrogens is 259 g/mol. The molecule has 0 unspecified atom stereocenters. The minimum Gasteiger partial charge on any atom is -0.361 e. The molecule has 1 aromatic carbocycles. The number of carbonyl (C=O) groups excluding carboxylic acids is 1. The SMILES string of the molecule is CC(C)Cc1cc(C(=O)NCc2ccc(F)cc2)no1. The van der Waals surface area contributed by atoms with Crippen molar-refractivity contribution in [3.8, 4) is 0 Å². The van der Waals surface area contributed by atoms with Gasteiger partial charge in [0.15, 0.2) is 5.69 Å². The van der Waals surface area contributed by atoms with E-state index in [0.29, 0.717) is 18.2 Å². The van der Waals surface area contributed by atoms with E-state index in [1.165, 1.54) is 12.1 Å². The molecule has 20 heavy (non-hydrogen) atoms. The Bertz CT molecular complexity index is 576. The molecule has 0 aliphatic rings. The van der Waals surface area contributed by atoms with Crippen LogP contribution in [0, 0.1) is 11.7 Å². The molecule has 0 radical (unpaired) electrons. The molecule has 4 nitrogen and oxygen atoms in total. The Morgan fingerprint density at radius 1 is 1.35 bits per heavy atom. The predicted molar refractivity (Wildman–Crippen MR) is 72.6 cm³/mol. The first-order valence-corrected chi connectivity index (χ1v) is 6.53. The molecule has 1 aromatic heterocycles. The first-order valence-electron chi connectivity index (χ1n) is 6.53. The van der Waals surface area contributed by atoms with Gasteiger partial charge in [-0.2, -0.15) is 0 Å². The van der Waals surface area contributed by atoms with Crippen LogP contribution in [0.15, 0.2) is 34.9 Å². The van der Waals surface area contributed by atoms with E-state index in [9.17, 15) is 9.18 Å². The van der Waals surface area contributed by atoms with Crippen LogP contribution in [0.1, 0.15) is 35.7 Å². The Morgan fingerprint density at radius 2 is 2.05 bits per heavy atom. The van der Waals surface area contributed by atoms with Crippen LogP contribution in [-0.2, 0) is 13.0 Å². The van der Waals surface area contributed by atoms with Crippen molar-refractivity contribution in [3.63, 3.8) is 0 Å². The summed E-state index contributed by atoms with van der Waals surface area (Å²) < 4.78 is 17.9. The number of halogens is 1. The highest BCUT2D eigenvalue weighted by Gasteiger charge is 2.12. The average Bonchev–Trinajstić information content (AvgIpc) is 2.85. The van der Waals surface area contributed by atoms with Crippen LogP contribution in [0.5, 0.6) is 0 Å². The topological polar surface area (TPSA) is 55.1 Å². The van der Waals surface area contributed by atoms with Crippen molar-refractivity contribution < 1.29 is 13.7 Å². The first kappa shape index (κ1) is 14.2. The Labute approximate surface area is 117 Å². The molecular formula is C15H17FN2O2. The fraction of sp³-hybridized carbons (Fsp3) is 0.333. The zero-order valence-corrected chi connectivity index (χ0v) is 11.5. The average molecular weight is 276 g/mol. The molecule has 0 saturated carbocycles. The second-order valence-corrected chi connectivity index (χ2v) is 5.09. The highest BCUT2D eigenvalue weighted by atomic mass is 19.1. The smallest absolute Gasteiger partial charge is 0.273 e. The van der Waals surface area contributed by atoms with Crippen LogP contribution in [0.4, 0.5) is 4.39 Å². The third kappa shape index (κ3) is 3.91. The zero-order chi connectivity index (χ0) is 14.5. The molecule has 0 saturated heterocycles. The van der Waals surface area contributed by atoms with Gasteiger partial charge >= 0.3 is 0 Å². The van der Waals surface area contributed by atoms with E-state index in [4.69, 9.17) is 4.52 Å². The minimum absolute atomic E-state index is 0.266. The number of nitrogens with zero attached hydrogens (tertiary/aromatic N) is 1. The third-order valence-electron chi connectivity index (χ3n) is 2.77. The standard InChI is InChI=1S/C15H17FN2O2/c1-10(2)7-13-8-14(18-20-13)15(19)17-9-11-3-5-12(16)6-4-11/h3-6,8,10H,7,9H2,1-2H3,(H,17,19). The number of hydrogen-bond acceptors (Lipinski definition) is 3. The van der Waals surface area contributed by atoms with E-state index in [2.05, 4.69) is 24.3 Å². The second kappa shape index (κ2) is 6.32. The van der Waals surface area contributed by atoms with Crippen molar-refractivity contribution in [3.05, 3.63) is 53.2 Å². The van der Waals surface area contributed by atoms with Crippen LogP contribution >= 0.6 is 0 Å². The fourth-order valence-electron chi connectivity index (χ4n) is 1.79. The molecule has 106 valence electrons. The van der Waals surface area contributed by atoms with Crippen LogP contribution in [0.3, 0.4) is 0 Å². The van der Waals surface area contributed by atoms with Crippen molar-refractivity contribution in [2.45, 2.75) is 26.8 Å². The van der Waals surface area contributed by atoms with Gasteiger partial charge in [-0.1, -0.05) is 31.1 Å². The maximum Gasteiger partial charge on any atom is 0.273 e. The van der Waals surface area contributed by atoms with E-state index in [0.717, 1.165) is 12.0 Å². The van der Waals surface area contributed by atoms with E-state index < -0.39 is 0 Å². The van der Waals surface area contributed by atoms with Gasteiger partial charge in [0.05, 0.1) is 0 Å². The van der Waals surface area contributed by atoms with Crippen molar-refractivity contribution >= 4 is 5.91 Å². The molecule has 0 atom stereocenters. The number of hydrogen-bond donors (Lipinski definition) is 1. The lowest BCUT2D eigenvalue weighted by Crippen LogP contribution is -2.23. The normalized spacial score (nSPS) is 10.8. The number of benzene rings is 1. The molecule has 1 heterocycles. The first-order chi connectivity index (χ1) is 9.54. The lowest BCUT2D eigenvalue weighted by Gasteiger charge is -2.02. The van der Waals surface area contributed by atoms with E-state index in [1.807, 2.05) is 0 Å². The Hall–Kier alpha value is -2.17. The minimum atomic E-state index is -0.298. The summed E-state index contributed by atoms with van der Waals surface area (Å²) in [6.45, 7) is 4.46. The lowest BCUT2D eigenvalue weighted by atomic mass is 10.1. The predicted octanol–water partition coefficient (Wildman–Crippen LogP) is 2.94. The Kier molecular flexibility index (Phi) is 4.50. The van der Waals surface area contributed by atoms with Gasteiger partial charge in [0, 0.05) is 19.0 Å². The Balaban J connectivity index is 1.91. The fourth-order valence-corrected chi connectivity index (χ4v) is 1.79. The van der Waals surface area contributed by atoms with E-state index >= 15 is 0 Å². The van der Waals surface area contributed by atoms with Crippen LogP contribution in [-0.4, -0.2) is 11.1 Å². The zero-order valence-electron chi connectivity index (χ0n) is 11.5. The molecule has 2 rings (SSSR count). The number of amides is 1. The summed E-state index contributed by atoms with van der Waals surface area (Å²) in [5.74, 6) is 0.549. The van der Waals surface area contributed by atoms with Gasteiger partial charge < -0.3 is 9.84 Å². The quantitative estimate of drug-likeness (QED) is 0.913. The molecule has 1 amide bonds.